The van der Waals surface area contributed by atoms with Gasteiger partial charge in [-0.3, -0.25) is 14.5 Å². The lowest BCUT2D eigenvalue weighted by atomic mass is 10.0. The summed E-state index contributed by atoms with van der Waals surface area (Å²) in [5.41, 5.74) is 11.4. The van der Waals surface area contributed by atoms with Gasteiger partial charge in [0.2, 0.25) is 11.5 Å². The van der Waals surface area contributed by atoms with E-state index in [1.807, 2.05) is 0 Å². The number of anilines is 1. The van der Waals surface area contributed by atoms with E-state index in [9.17, 15) is 19.5 Å². The molecule has 0 spiro atoms. The van der Waals surface area contributed by atoms with E-state index in [-0.39, 0.29) is 35.5 Å². The third kappa shape index (κ3) is 5.36. The fraction of sp³-hybridized carbons (Fsp3) is 0.333. The lowest BCUT2D eigenvalue weighted by Crippen LogP contribution is -2.71. The van der Waals surface area contributed by atoms with E-state index in [0.29, 0.717) is 26.4 Å². The van der Waals surface area contributed by atoms with Crippen molar-refractivity contribution in [2.24, 2.45) is 10.9 Å². The number of aromatic nitrogens is 4. The molecule has 1 saturated heterocycles. The number of nitrogens with zero attached hydrogens (tertiary/aromatic N) is 6. The maximum atomic E-state index is 13.0. The first kappa shape index (κ1) is 26.0. The van der Waals surface area contributed by atoms with Gasteiger partial charge in [-0.2, -0.15) is 9.36 Å². The Labute approximate surface area is 220 Å². The molecule has 18 heteroatoms. The zero-order valence-electron chi connectivity index (χ0n) is 18.3. The summed E-state index contributed by atoms with van der Waals surface area (Å²) in [7, 11) is 0. The first-order valence-corrected chi connectivity index (χ1v) is 13.7. The second kappa shape index (κ2) is 11.3. The first-order valence-electron chi connectivity index (χ1n) is 10.1. The number of carboxylic acids is 1. The molecule has 190 valence electrons. The van der Waals surface area contributed by atoms with Crippen LogP contribution in [-0.2, 0) is 25.8 Å². The topological polar surface area (TPSA) is 212 Å². The molecule has 1 unspecified atom stereocenters. The summed E-state index contributed by atoms with van der Waals surface area (Å²) in [5.74, 6) is -1.93. The normalized spacial score (nSPS) is 19.5. The average molecular weight is 570 g/mol. The Bertz CT molecular complexity index is 1260. The van der Waals surface area contributed by atoms with Crippen molar-refractivity contribution in [1.29, 1.82) is 0 Å². The number of hydrogen-bond donors (Lipinski definition) is 4. The molecule has 0 aromatic carbocycles. The molecule has 0 bridgehead atoms. The molecule has 2 atom stereocenters. The monoisotopic (exact) mass is 569 g/mol. The quantitative estimate of drug-likeness (QED) is 0.0694. The molecule has 14 nitrogen and oxygen atoms in total. The van der Waals surface area contributed by atoms with E-state index in [1.54, 1.807) is 0 Å². The predicted molar refractivity (Wildman–Crippen MR) is 135 cm³/mol. The zero-order valence-corrected chi connectivity index (χ0v) is 21.6. The molecule has 4 rings (SSSR count). The van der Waals surface area contributed by atoms with E-state index < -0.39 is 29.2 Å². The van der Waals surface area contributed by atoms with Crippen LogP contribution in [0.2, 0.25) is 0 Å². The first-order chi connectivity index (χ1) is 17.3. The maximum Gasteiger partial charge on any atom is 0.352 e. The summed E-state index contributed by atoms with van der Waals surface area (Å²) < 4.78 is 4.62. The summed E-state index contributed by atoms with van der Waals surface area (Å²) >= 11 is 4.87. The van der Waals surface area contributed by atoms with Crippen molar-refractivity contribution in [1.82, 2.24) is 29.8 Å². The van der Waals surface area contributed by atoms with Crippen LogP contribution in [-0.4, -0.2) is 82.6 Å². The second-order valence-corrected chi connectivity index (χ2v) is 11.2. The van der Waals surface area contributed by atoms with E-state index in [1.165, 1.54) is 45.8 Å². The van der Waals surface area contributed by atoms with Gasteiger partial charge in [-0.15, -0.1) is 22.0 Å². The van der Waals surface area contributed by atoms with E-state index in [4.69, 9.17) is 16.3 Å². The molecule has 2 aliphatic heterocycles. The second-order valence-electron chi connectivity index (χ2n) is 7.05. The van der Waals surface area contributed by atoms with Crippen LogP contribution in [0.3, 0.4) is 0 Å². The number of thioether (sulfide) groups is 2. The van der Waals surface area contributed by atoms with Crippen LogP contribution in [0.4, 0.5) is 5.13 Å². The van der Waals surface area contributed by atoms with Gasteiger partial charge in [-0.25, -0.2) is 4.79 Å². The van der Waals surface area contributed by atoms with Crippen LogP contribution in [0.15, 0.2) is 33.4 Å². The number of amides is 2. The van der Waals surface area contributed by atoms with Crippen molar-refractivity contribution in [3.63, 3.8) is 0 Å². The summed E-state index contributed by atoms with van der Waals surface area (Å²) in [4.78, 5) is 48.1. The highest BCUT2D eigenvalue weighted by molar-refractivity contribution is 8.01. The summed E-state index contributed by atoms with van der Waals surface area (Å²) in [5, 5.41) is 24.4. The van der Waals surface area contributed by atoms with Gasteiger partial charge in [-0.1, -0.05) is 40.9 Å². The van der Waals surface area contributed by atoms with Crippen molar-refractivity contribution in [2.45, 2.75) is 22.3 Å². The smallest absolute Gasteiger partial charge is 0.352 e. The van der Waals surface area contributed by atoms with Crippen molar-refractivity contribution in [3.8, 4) is 0 Å². The van der Waals surface area contributed by atoms with Crippen LogP contribution in [0, 0.1) is 0 Å². The van der Waals surface area contributed by atoms with Gasteiger partial charge < -0.3 is 26.7 Å². The van der Waals surface area contributed by atoms with Gasteiger partial charge in [0, 0.05) is 29.6 Å². The van der Waals surface area contributed by atoms with Gasteiger partial charge in [0.25, 0.3) is 11.8 Å². The molecule has 0 saturated carbocycles. The number of carbonyl (C=O) groups excluding carboxylic acids is 2. The molecule has 2 aromatic rings. The van der Waals surface area contributed by atoms with Gasteiger partial charge in [0.1, 0.15) is 28.7 Å². The highest BCUT2D eigenvalue weighted by Crippen LogP contribution is 2.41. The number of hydrogen-bond acceptors (Lipinski definition) is 15. The van der Waals surface area contributed by atoms with E-state index in [0.717, 1.165) is 11.5 Å². The maximum absolute atomic E-state index is 13.0. The third-order valence-electron chi connectivity index (χ3n) is 4.75. The van der Waals surface area contributed by atoms with Gasteiger partial charge in [-0.05, 0) is 5.57 Å². The van der Waals surface area contributed by atoms with Crippen LogP contribution in [0.25, 0.3) is 0 Å². The van der Waals surface area contributed by atoms with Crippen molar-refractivity contribution in [3.05, 3.63) is 34.8 Å². The highest BCUT2D eigenvalue weighted by Gasteiger charge is 2.54. The molecular formula is C18H19N9O5S4. The van der Waals surface area contributed by atoms with Crippen LogP contribution in [0.5, 0.6) is 0 Å². The molecule has 4 heterocycles. The van der Waals surface area contributed by atoms with Crippen molar-refractivity contribution >= 4 is 75.0 Å². The Kier molecular flexibility index (Phi) is 8.19. The number of aliphatic carboxylic acids is 1. The number of oxime groups is 1. The van der Waals surface area contributed by atoms with Gasteiger partial charge >= 0.3 is 5.97 Å². The Balaban J connectivity index is 1.48. The number of nitrogens with two attached hydrogens (primary N) is 2. The van der Waals surface area contributed by atoms with Crippen LogP contribution >= 0.6 is 46.4 Å². The summed E-state index contributed by atoms with van der Waals surface area (Å²) in [6, 6.07) is -0.970. The zero-order chi connectivity index (χ0) is 25.8. The predicted octanol–water partition coefficient (Wildman–Crippen LogP) is -0.132. The number of fused-ring (bicyclic) bond motifs is 1. The number of rotatable bonds is 11. The fourth-order valence-corrected chi connectivity index (χ4v) is 6.90. The number of carbonyl (C=O) groups is 3. The molecule has 2 amide bonds. The molecule has 0 radical (unpaired) electrons. The lowest BCUT2D eigenvalue weighted by Gasteiger charge is -2.49. The Morgan fingerprint density at radius 3 is 2.86 bits per heavy atom. The summed E-state index contributed by atoms with van der Waals surface area (Å²) in [6.07, 6.45) is 1.44. The minimum Gasteiger partial charge on any atom is -0.477 e. The molecule has 36 heavy (non-hydrogen) atoms. The SMILES string of the molecule is C=CCON=C(C(=O)NC1C(=O)N2C(C(=O)O)=C(CSc3nnc(CN)s3)CS[C@H]12)c1nsc(N)n1. The average Bonchev–Trinajstić information content (AvgIpc) is 3.51. The minimum absolute atomic E-state index is 0.0309. The number of nitrogens with one attached hydrogen (secondary N) is 1. The Hall–Kier alpha value is -3.06. The van der Waals surface area contributed by atoms with E-state index in [2.05, 4.69) is 36.6 Å². The van der Waals surface area contributed by atoms with E-state index >= 15 is 0 Å². The number of β-lactam (4-membered cyclic amide) rings is 1. The molecule has 0 aliphatic carbocycles. The van der Waals surface area contributed by atoms with Crippen LogP contribution < -0.4 is 16.8 Å². The van der Waals surface area contributed by atoms with Crippen molar-refractivity contribution < 1.29 is 24.3 Å². The molecule has 2 aromatic heterocycles. The van der Waals surface area contributed by atoms with Crippen LogP contribution in [0.1, 0.15) is 10.8 Å². The Morgan fingerprint density at radius 2 is 2.22 bits per heavy atom. The summed E-state index contributed by atoms with van der Waals surface area (Å²) in [6.45, 7) is 3.81. The highest BCUT2D eigenvalue weighted by atomic mass is 32.2. The Morgan fingerprint density at radius 1 is 1.42 bits per heavy atom. The van der Waals surface area contributed by atoms with Crippen molar-refractivity contribution in [2.75, 3.05) is 23.8 Å². The molecule has 6 N–H and O–H groups in total. The molecular weight excluding hydrogens is 551 g/mol. The largest absolute Gasteiger partial charge is 0.477 e. The number of carboxylic acid groups (broad SMARTS) is 1. The fourth-order valence-electron chi connectivity index (χ4n) is 3.20. The molecule has 1 fully saturated rings. The number of nitrogen functional groups attached to an aromatic ring is 1. The van der Waals surface area contributed by atoms with Gasteiger partial charge in [0.05, 0.1) is 0 Å². The lowest BCUT2D eigenvalue weighted by molar-refractivity contribution is -0.150. The minimum atomic E-state index is -1.23. The third-order valence-corrected chi connectivity index (χ3v) is 8.79. The standard InChI is InChI=1S/C18H19N9O5S4/c1-2-3-32-25-9(12-22-17(20)36-26-12)13(28)21-10-14(29)27-11(16(30)31)7(5-33-15(10)27)6-34-18-24-23-8(4-19)35-18/h2,10,15H,1,3-6,19H2,(H,21,28)(H,30,31)(H2,20,22,26)/t10?,15-/m1/s1. The molecule has 2 aliphatic rings. The van der Waals surface area contributed by atoms with Gasteiger partial charge in [0.15, 0.2) is 9.47 Å².